The molecular weight excluding hydrogens is 309 g/mol. The van der Waals surface area contributed by atoms with E-state index in [-0.39, 0.29) is 27.9 Å². The van der Waals surface area contributed by atoms with Crippen LogP contribution in [0.2, 0.25) is 0 Å². The smallest absolute Gasteiger partial charge is 0.247 e. The second-order valence-electron chi connectivity index (χ2n) is 3.26. The number of hydrogen-bond acceptors (Lipinski definition) is 3. The number of phenols is 1. The molecule has 0 aliphatic carbocycles. The molecular formula is C10H8INO3. The van der Waals surface area contributed by atoms with Gasteiger partial charge < -0.3 is 5.11 Å². The molecule has 0 bridgehead atoms. The predicted octanol–water partition coefficient (Wildman–Crippen LogP) is 1.46. The summed E-state index contributed by atoms with van der Waals surface area (Å²) in [5, 5.41) is 9.09. The number of anilines is 1. The van der Waals surface area contributed by atoms with Gasteiger partial charge in [-0.25, -0.2) is 4.90 Å². The van der Waals surface area contributed by atoms with E-state index in [1.54, 1.807) is 12.1 Å². The summed E-state index contributed by atoms with van der Waals surface area (Å²) in [4.78, 5) is 24.3. The van der Waals surface area contributed by atoms with Gasteiger partial charge in [0.2, 0.25) is 11.8 Å². The first kappa shape index (κ1) is 10.4. The van der Waals surface area contributed by atoms with Gasteiger partial charge in [0.1, 0.15) is 5.75 Å². The Balaban J connectivity index is 2.35. The summed E-state index contributed by atoms with van der Waals surface area (Å²) in [6.07, 6.45) is 0.250. The molecule has 4 nitrogen and oxygen atoms in total. The highest BCUT2D eigenvalue weighted by Gasteiger charge is 2.37. The number of aromatic hydroxyl groups is 1. The van der Waals surface area contributed by atoms with Crippen LogP contribution in [-0.2, 0) is 9.59 Å². The summed E-state index contributed by atoms with van der Waals surface area (Å²) in [7, 11) is 0. The second-order valence-corrected chi connectivity index (χ2v) is 4.76. The number of phenolic OH excluding ortho intramolecular Hbond substituents is 1. The van der Waals surface area contributed by atoms with Gasteiger partial charge in [0.05, 0.1) is 9.61 Å². The van der Waals surface area contributed by atoms with Gasteiger partial charge in [0.25, 0.3) is 0 Å². The molecule has 1 N–H and O–H groups in total. The highest BCUT2D eigenvalue weighted by Crippen LogP contribution is 2.27. The summed E-state index contributed by atoms with van der Waals surface area (Å²) in [5.74, 6) is -0.264. The van der Waals surface area contributed by atoms with Crippen molar-refractivity contribution in [3.8, 4) is 5.75 Å². The molecule has 0 spiro atoms. The van der Waals surface area contributed by atoms with E-state index >= 15 is 0 Å². The summed E-state index contributed by atoms with van der Waals surface area (Å²) in [5.41, 5.74) is 0.516. The topological polar surface area (TPSA) is 57.6 Å². The van der Waals surface area contributed by atoms with E-state index in [0.29, 0.717) is 5.69 Å². The molecule has 1 aromatic rings. The van der Waals surface area contributed by atoms with Gasteiger partial charge in [-0.1, -0.05) is 22.6 Å². The van der Waals surface area contributed by atoms with E-state index in [2.05, 4.69) is 0 Å². The molecule has 1 aromatic carbocycles. The summed E-state index contributed by atoms with van der Waals surface area (Å²) < 4.78 is -0.274. The van der Waals surface area contributed by atoms with E-state index in [9.17, 15) is 9.59 Å². The maximum atomic E-state index is 11.6. The zero-order valence-corrected chi connectivity index (χ0v) is 9.84. The largest absolute Gasteiger partial charge is 0.508 e. The lowest BCUT2D eigenvalue weighted by molar-refractivity contribution is -0.121. The van der Waals surface area contributed by atoms with Crippen molar-refractivity contribution in [3.05, 3.63) is 24.3 Å². The average Bonchev–Trinajstić information content (AvgIpc) is 2.44. The molecule has 1 unspecified atom stereocenters. The molecule has 1 heterocycles. The molecule has 0 aromatic heterocycles. The fourth-order valence-electron chi connectivity index (χ4n) is 1.47. The zero-order chi connectivity index (χ0) is 11.0. The van der Waals surface area contributed by atoms with Crippen LogP contribution >= 0.6 is 22.6 Å². The first-order valence-electron chi connectivity index (χ1n) is 4.39. The van der Waals surface area contributed by atoms with Crippen LogP contribution in [0.3, 0.4) is 0 Å². The lowest BCUT2D eigenvalue weighted by Crippen LogP contribution is -2.30. The molecule has 5 heteroatoms. The van der Waals surface area contributed by atoms with Crippen molar-refractivity contribution in [2.75, 3.05) is 4.90 Å². The van der Waals surface area contributed by atoms with Crippen molar-refractivity contribution in [1.29, 1.82) is 0 Å². The Bertz CT molecular complexity index is 415. The molecule has 2 amide bonds. The van der Waals surface area contributed by atoms with Gasteiger partial charge >= 0.3 is 0 Å². The summed E-state index contributed by atoms with van der Waals surface area (Å²) in [6, 6.07) is 6.02. The van der Waals surface area contributed by atoms with Crippen LogP contribution in [0.1, 0.15) is 6.42 Å². The van der Waals surface area contributed by atoms with Crippen LogP contribution in [0, 0.1) is 0 Å². The van der Waals surface area contributed by atoms with Crippen LogP contribution in [-0.4, -0.2) is 20.8 Å². The second kappa shape index (κ2) is 3.80. The lowest BCUT2D eigenvalue weighted by Gasteiger charge is -2.13. The number of hydrogen-bond donors (Lipinski definition) is 1. The van der Waals surface area contributed by atoms with E-state index in [1.807, 2.05) is 22.6 Å². The Labute approximate surface area is 100 Å². The van der Waals surface area contributed by atoms with Crippen molar-refractivity contribution < 1.29 is 14.7 Å². The molecule has 15 heavy (non-hydrogen) atoms. The molecule has 1 aliphatic heterocycles. The summed E-state index contributed by atoms with van der Waals surface area (Å²) in [6.45, 7) is 0. The van der Waals surface area contributed by atoms with Gasteiger partial charge in [-0.3, -0.25) is 9.59 Å². The van der Waals surface area contributed by atoms with E-state index < -0.39 is 0 Å². The monoisotopic (exact) mass is 317 g/mol. The van der Waals surface area contributed by atoms with Crippen molar-refractivity contribution in [1.82, 2.24) is 0 Å². The Kier molecular flexibility index (Phi) is 2.64. The molecule has 0 saturated carbocycles. The first-order valence-corrected chi connectivity index (χ1v) is 5.64. The average molecular weight is 317 g/mol. The first-order chi connectivity index (χ1) is 7.09. The van der Waals surface area contributed by atoms with E-state index in [1.165, 1.54) is 12.1 Å². The van der Waals surface area contributed by atoms with Gasteiger partial charge in [-0.2, -0.15) is 0 Å². The third-order valence-corrected chi connectivity index (χ3v) is 3.17. The quantitative estimate of drug-likeness (QED) is 0.485. The number of imide groups is 1. The third-order valence-electron chi connectivity index (χ3n) is 2.20. The third kappa shape index (κ3) is 1.83. The van der Waals surface area contributed by atoms with Gasteiger partial charge in [-0.15, -0.1) is 0 Å². The number of benzene rings is 1. The molecule has 1 saturated heterocycles. The van der Waals surface area contributed by atoms with Crippen LogP contribution in [0.15, 0.2) is 24.3 Å². The van der Waals surface area contributed by atoms with Crippen molar-refractivity contribution in [2.45, 2.75) is 10.3 Å². The normalized spacial score (nSPS) is 21.1. The van der Waals surface area contributed by atoms with E-state index in [0.717, 1.165) is 4.90 Å². The van der Waals surface area contributed by atoms with Gasteiger partial charge in [0, 0.05) is 6.42 Å². The highest BCUT2D eigenvalue weighted by atomic mass is 127. The predicted molar refractivity (Wildman–Crippen MR) is 63.0 cm³/mol. The van der Waals surface area contributed by atoms with Crippen LogP contribution < -0.4 is 4.90 Å². The molecule has 1 aliphatic rings. The number of carbonyl (C=O) groups excluding carboxylic acids is 2. The zero-order valence-electron chi connectivity index (χ0n) is 7.68. The number of nitrogens with zero attached hydrogens (tertiary/aromatic N) is 1. The number of carbonyl (C=O) groups is 2. The number of alkyl halides is 1. The molecule has 1 fully saturated rings. The fourth-order valence-corrected chi connectivity index (χ4v) is 2.12. The maximum Gasteiger partial charge on any atom is 0.247 e. The standard InChI is InChI=1S/C10H8INO3/c11-8-5-9(14)12(10(8)15)6-1-3-7(13)4-2-6/h1-4,8,13H,5H2. The number of amides is 2. The SMILES string of the molecule is O=C1CC(I)C(=O)N1c1ccc(O)cc1. The van der Waals surface area contributed by atoms with Crippen molar-refractivity contribution in [3.63, 3.8) is 0 Å². The number of rotatable bonds is 1. The minimum Gasteiger partial charge on any atom is -0.508 e. The summed E-state index contributed by atoms with van der Waals surface area (Å²) >= 11 is 1.96. The Hall–Kier alpha value is -1.11. The van der Waals surface area contributed by atoms with Crippen molar-refractivity contribution in [2.24, 2.45) is 0 Å². The molecule has 1 atom stereocenters. The fraction of sp³-hybridized carbons (Fsp3) is 0.200. The van der Waals surface area contributed by atoms with Gasteiger partial charge in [-0.05, 0) is 24.3 Å². The Morgan fingerprint density at radius 1 is 1.27 bits per heavy atom. The van der Waals surface area contributed by atoms with Crippen molar-refractivity contribution >= 4 is 40.1 Å². The van der Waals surface area contributed by atoms with Gasteiger partial charge in [0.15, 0.2) is 0 Å². The van der Waals surface area contributed by atoms with Crippen LogP contribution in [0.5, 0.6) is 5.75 Å². The molecule has 78 valence electrons. The van der Waals surface area contributed by atoms with Crippen LogP contribution in [0.25, 0.3) is 0 Å². The van der Waals surface area contributed by atoms with E-state index in [4.69, 9.17) is 5.11 Å². The highest BCUT2D eigenvalue weighted by molar-refractivity contribution is 14.1. The van der Waals surface area contributed by atoms with Crippen LogP contribution in [0.4, 0.5) is 5.69 Å². The maximum absolute atomic E-state index is 11.6. The Morgan fingerprint density at radius 3 is 2.33 bits per heavy atom. The molecule has 2 rings (SSSR count). The lowest BCUT2D eigenvalue weighted by atomic mass is 10.3. The minimum absolute atomic E-state index is 0.115. The number of halogens is 1. The Morgan fingerprint density at radius 2 is 1.87 bits per heavy atom. The minimum atomic E-state index is -0.274. The molecule has 0 radical (unpaired) electrons.